The summed E-state index contributed by atoms with van der Waals surface area (Å²) in [6.07, 6.45) is 2.52. The fraction of sp³-hybridized carbons (Fsp3) is 0.444. The van der Waals surface area contributed by atoms with Gasteiger partial charge in [-0.25, -0.2) is 9.78 Å². The quantitative estimate of drug-likeness (QED) is 0.870. The van der Waals surface area contributed by atoms with Gasteiger partial charge in [0.05, 0.1) is 5.69 Å². The van der Waals surface area contributed by atoms with E-state index in [1.165, 1.54) is 24.2 Å². The number of benzene rings is 1. The Hall–Kier alpha value is -1.92. The third kappa shape index (κ3) is 4.79. The Labute approximate surface area is 147 Å². The van der Waals surface area contributed by atoms with Gasteiger partial charge >= 0.3 is 6.03 Å². The van der Waals surface area contributed by atoms with Crippen molar-refractivity contribution in [3.8, 4) is 11.3 Å². The lowest BCUT2D eigenvalue weighted by Crippen LogP contribution is -2.40. The molecular formula is C18H24N4OS. The van der Waals surface area contributed by atoms with Crippen molar-refractivity contribution in [3.63, 3.8) is 0 Å². The van der Waals surface area contributed by atoms with Gasteiger partial charge in [0.25, 0.3) is 0 Å². The van der Waals surface area contributed by atoms with E-state index < -0.39 is 0 Å². The summed E-state index contributed by atoms with van der Waals surface area (Å²) in [5, 5.41) is 8.31. The number of carbonyl (C=O) groups excluding carboxylic acids is 1. The molecule has 1 fully saturated rings. The number of rotatable bonds is 5. The molecule has 1 aliphatic rings. The smallest absolute Gasteiger partial charge is 0.321 e. The topological polar surface area (TPSA) is 57.3 Å². The van der Waals surface area contributed by atoms with Crippen molar-refractivity contribution in [2.24, 2.45) is 5.92 Å². The summed E-state index contributed by atoms with van der Waals surface area (Å²) in [6, 6.07) is 9.78. The maximum Gasteiger partial charge on any atom is 0.321 e. The van der Waals surface area contributed by atoms with Gasteiger partial charge in [-0.1, -0.05) is 37.3 Å². The molecule has 0 bridgehead atoms. The summed E-state index contributed by atoms with van der Waals surface area (Å²) in [4.78, 5) is 18.9. The molecule has 0 unspecified atom stereocenters. The van der Waals surface area contributed by atoms with Crippen molar-refractivity contribution in [2.45, 2.75) is 19.8 Å². The fourth-order valence-corrected chi connectivity index (χ4v) is 3.54. The van der Waals surface area contributed by atoms with Crippen molar-refractivity contribution in [3.05, 3.63) is 35.7 Å². The minimum Gasteiger partial charge on any atom is -0.337 e. The van der Waals surface area contributed by atoms with Crippen molar-refractivity contribution >= 4 is 22.5 Å². The van der Waals surface area contributed by atoms with E-state index >= 15 is 0 Å². The SMILES string of the molecule is CC1CCN(CCNC(=O)Nc2nc(-c3ccccc3)cs2)CC1. The van der Waals surface area contributed by atoms with Crippen LogP contribution in [0.4, 0.5) is 9.93 Å². The van der Waals surface area contributed by atoms with E-state index in [4.69, 9.17) is 0 Å². The molecule has 0 saturated carbocycles. The van der Waals surface area contributed by atoms with Crippen LogP contribution in [-0.2, 0) is 0 Å². The lowest BCUT2D eigenvalue weighted by molar-refractivity contribution is 0.192. The first-order chi connectivity index (χ1) is 11.7. The zero-order valence-corrected chi connectivity index (χ0v) is 14.8. The van der Waals surface area contributed by atoms with Crippen LogP contribution in [0.3, 0.4) is 0 Å². The van der Waals surface area contributed by atoms with Crippen molar-refractivity contribution in [1.82, 2.24) is 15.2 Å². The standard InChI is InChI=1S/C18H24N4OS/c1-14-7-10-22(11-8-14)12-9-19-17(23)21-18-20-16(13-24-18)15-5-3-2-4-6-15/h2-6,13-14H,7-12H2,1H3,(H2,19,20,21,23). The van der Waals surface area contributed by atoms with Gasteiger partial charge in [-0.3, -0.25) is 5.32 Å². The van der Waals surface area contributed by atoms with Crippen LogP contribution in [0.1, 0.15) is 19.8 Å². The number of hydrogen-bond donors (Lipinski definition) is 2. The van der Waals surface area contributed by atoms with E-state index in [1.54, 1.807) is 0 Å². The summed E-state index contributed by atoms with van der Waals surface area (Å²) in [6.45, 7) is 6.15. The van der Waals surface area contributed by atoms with Gasteiger partial charge in [-0.2, -0.15) is 0 Å². The lowest BCUT2D eigenvalue weighted by Gasteiger charge is -2.30. The molecule has 128 valence electrons. The number of nitrogens with zero attached hydrogens (tertiary/aromatic N) is 2. The number of nitrogens with one attached hydrogen (secondary N) is 2. The number of hydrogen-bond acceptors (Lipinski definition) is 4. The van der Waals surface area contributed by atoms with E-state index in [-0.39, 0.29) is 6.03 Å². The number of aromatic nitrogens is 1. The number of amides is 2. The Morgan fingerprint density at radius 1 is 1.29 bits per heavy atom. The number of carbonyl (C=O) groups is 1. The highest BCUT2D eigenvalue weighted by atomic mass is 32.1. The molecule has 1 aromatic carbocycles. The second-order valence-electron chi connectivity index (χ2n) is 6.31. The maximum absolute atomic E-state index is 12.0. The van der Waals surface area contributed by atoms with Crippen LogP contribution in [-0.4, -0.2) is 42.1 Å². The van der Waals surface area contributed by atoms with Gasteiger partial charge in [0.2, 0.25) is 0 Å². The molecule has 1 saturated heterocycles. The second kappa shape index (κ2) is 8.26. The lowest BCUT2D eigenvalue weighted by atomic mass is 9.99. The molecule has 2 amide bonds. The highest BCUT2D eigenvalue weighted by molar-refractivity contribution is 7.14. The van der Waals surface area contributed by atoms with Crippen molar-refractivity contribution in [2.75, 3.05) is 31.5 Å². The number of anilines is 1. The number of piperidine rings is 1. The van der Waals surface area contributed by atoms with Gasteiger partial charge in [0.1, 0.15) is 0 Å². The highest BCUT2D eigenvalue weighted by Crippen LogP contribution is 2.24. The molecule has 0 spiro atoms. The third-order valence-electron chi connectivity index (χ3n) is 4.38. The van der Waals surface area contributed by atoms with Crippen LogP contribution in [0.2, 0.25) is 0 Å². The van der Waals surface area contributed by atoms with Gasteiger partial charge in [0.15, 0.2) is 5.13 Å². The molecule has 0 radical (unpaired) electrons. The van der Waals surface area contributed by atoms with Crippen molar-refractivity contribution in [1.29, 1.82) is 0 Å². The highest BCUT2D eigenvalue weighted by Gasteiger charge is 2.15. The van der Waals surface area contributed by atoms with E-state index in [1.807, 2.05) is 35.7 Å². The first-order valence-corrected chi connectivity index (χ1v) is 9.37. The van der Waals surface area contributed by atoms with E-state index in [0.717, 1.165) is 36.8 Å². The first kappa shape index (κ1) is 16.9. The summed E-state index contributed by atoms with van der Waals surface area (Å²) in [5.74, 6) is 0.834. The van der Waals surface area contributed by atoms with E-state index in [0.29, 0.717) is 11.7 Å². The summed E-state index contributed by atoms with van der Waals surface area (Å²) in [5.41, 5.74) is 1.94. The molecule has 2 heterocycles. The number of urea groups is 1. The molecule has 2 N–H and O–H groups in total. The minimum atomic E-state index is -0.186. The van der Waals surface area contributed by atoms with Crippen LogP contribution in [0.15, 0.2) is 35.7 Å². The summed E-state index contributed by atoms with van der Waals surface area (Å²) >= 11 is 1.44. The summed E-state index contributed by atoms with van der Waals surface area (Å²) < 4.78 is 0. The molecule has 6 heteroatoms. The fourth-order valence-electron chi connectivity index (χ4n) is 2.83. The predicted octanol–water partition coefficient (Wildman–Crippen LogP) is 3.66. The first-order valence-electron chi connectivity index (χ1n) is 8.49. The average molecular weight is 344 g/mol. The zero-order valence-electron chi connectivity index (χ0n) is 14.0. The van der Waals surface area contributed by atoms with Gasteiger partial charge < -0.3 is 10.2 Å². The molecule has 2 aromatic rings. The second-order valence-corrected chi connectivity index (χ2v) is 7.17. The third-order valence-corrected chi connectivity index (χ3v) is 5.14. The molecule has 0 aliphatic carbocycles. The Morgan fingerprint density at radius 2 is 2.04 bits per heavy atom. The Balaban J connectivity index is 1.41. The molecule has 1 aromatic heterocycles. The van der Waals surface area contributed by atoms with Crippen LogP contribution in [0.25, 0.3) is 11.3 Å². The average Bonchev–Trinajstić information content (AvgIpc) is 3.06. The summed E-state index contributed by atoms with van der Waals surface area (Å²) in [7, 11) is 0. The molecule has 24 heavy (non-hydrogen) atoms. The van der Waals surface area contributed by atoms with Gasteiger partial charge in [0, 0.05) is 24.0 Å². The minimum absolute atomic E-state index is 0.186. The maximum atomic E-state index is 12.0. The van der Waals surface area contributed by atoms with Crippen molar-refractivity contribution < 1.29 is 4.79 Å². The zero-order chi connectivity index (χ0) is 16.8. The Morgan fingerprint density at radius 3 is 2.79 bits per heavy atom. The van der Waals surface area contributed by atoms with Crippen LogP contribution < -0.4 is 10.6 Å². The normalized spacial score (nSPS) is 16.0. The van der Waals surface area contributed by atoms with E-state index in [9.17, 15) is 4.79 Å². The van der Waals surface area contributed by atoms with Crippen LogP contribution >= 0.6 is 11.3 Å². The van der Waals surface area contributed by atoms with Gasteiger partial charge in [-0.05, 0) is 31.8 Å². The number of likely N-dealkylation sites (tertiary alicyclic amines) is 1. The van der Waals surface area contributed by atoms with Gasteiger partial charge in [-0.15, -0.1) is 11.3 Å². The van der Waals surface area contributed by atoms with E-state index in [2.05, 4.69) is 27.4 Å². The molecule has 1 aliphatic heterocycles. The molecule has 5 nitrogen and oxygen atoms in total. The molecular weight excluding hydrogens is 320 g/mol. The Bertz CT molecular complexity index is 650. The number of thiazole rings is 1. The van der Waals surface area contributed by atoms with Crippen LogP contribution in [0, 0.1) is 5.92 Å². The molecule has 3 rings (SSSR count). The Kier molecular flexibility index (Phi) is 5.82. The molecule has 0 atom stereocenters. The largest absolute Gasteiger partial charge is 0.337 e. The predicted molar refractivity (Wildman–Crippen MR) is 99.4 cm³/mol. The van der Waals surface area contributed by atoms with Crippen LogP contribution in [0.5, 0.6) is 0 Å². The monoisotopic (exact) mass is 344 g/mol.